The maximum Gasteiger partial charge on any atom is 0.338 e. The fraction of sp³-hybridized carbons (Fsp3) is 0.444. The average Bonchev–Trinajstić information content (AvgIpc) is 2.92. The minimum absolute atomic E-state index is 0.276. The van der Waals surface area contributed by atoms with E-state index in [0.29, 0.717) is 36.8 Å². The van der Waals surface area contributed by atoms with Gasteiger partial charge in [-0.25, -0.2) is 9.59 Å². The standard InChI is InChI=1S/C27H31N3O7/c1-18-23(29-30-28)25(37-27(33)20-14-8-4-9-15-20)24(36-26(32)19-12-6-3-7-13-19)21(35-18)16-10-5-11-17-22(31)34-2/h3-4,6-9,12-15,18,21,23-25H,5,10-11,16-17H2,1-2H3/t18-,21?,23-,24-,25+/m1/s1. The fourth-order valence-electron chi connectivity index (χ4n) is 4.26. The quantitative estimate of drug-likeness (QED) is 0.103. The van der Waals surface area contributed by atoms with E-state index in [9.17, 15) is 19.9 Å². The lowest BCUT2D eigenvalue weighted by Crippen LogP contribution is -2.58. The molecule has 0 N–H and O–H groups in total. The number of ether oxygens (including phenoxy) is 4. The van der Waals surface area contributed by atoms with Crippen LogP contribution in [0.15, 0.2) is 65.8 Å². The zero-order valence-electron chi connectivity index (χ0n) is 20.9. The summed E-state index contributed by atoms with van der Waals surface area (Å²) >= 11 is 0. The number of nitrogens with zero attached hydrogens (tertiary/aromatic N) is 3. The summed E-state index contributed by atoms with van der Waals surface area (Å²) in [6.45, 7) is 1.72. The second-order valence-corrected chi connectivity index (χ2v) is 8.72. The van der Waals surface area contributed by atoms with Crippen molar-refractivity contribution in [1.29, 1.82) is 0 Å². The molecular weight excluding hydrogens is 478 g/mol. The molecule has 10 heteroatoms. The third kappa shape index (κ3) is 7.80. The number of hydrogen-bond acceptors (Lipinski definition) is 8. The number of benzene rings is 2. The largest absolute Gasteiger partial charge is 0.469 e. The lowest BCUT2D eigenvalue weighted by atomic mass is 9.90. The van der Waals surface area contributed by atoms with Crippen LogP contribution < -0.4 is 0 Å². The predicted molar refractivity (Wildman–Crippen MR) is 134 cm³/mol. The van der Waals surface area contributed by atoms with Gasteiger partial charge in [0.05, 0.1) is 30.4 Å². The first-order valence-electron chi connectivity index (χ1n) is 12.2. The molecule has 196 valence electrons. The van der Waals surface area contributed by atoms with E-state index in [4.69, 9.17) is 14.2 Å². The van der Waals surface area contributed by atoms with Crippen LogP contribution in [0.2, 0.25) is 0 Å². The maximum atomic E-state index is 13.0. The van der Waals surface area contributed by atoms with Gasteiger partial charge >= 0.3 is 17.9 Å². The molecule has 1 saturated heterocycles. The molecule has 37 heavy (non-hydrogen) atoms. The molecule has 0 aromatic heterocycles. The third-order valence-corrected chi connectivity index (χ3v) is 6.18. The van der Waals surface area contributed by atoms with Gasteiger partial charge in [0.1, 0.15) is 6.04 Å². The Morgan fingerprint density at radius 1 is 0.892 bits per heavy atom. The van der Waals surface area contributed by atoms with Gasteiger partial charge in [-0.2, -0.15) is 0 Å². The highest BCUT2D eigenvalue weighted by molar-refractivity contribution is 5.90. The van der Waals surface area contributed by atoms with Crippen LogP contribution in [0.4, 0.5) is 0 Å². The second-order valence-electron chi connectivity index (χ2n) is 8.72. The highest BCUT2D eigenvalue weighted by atomic mass is 16.6. The van der Waals surface area contributed by atoms with Crippen molar-refractivity contribution in [2.75, 3.05) is 7.11 Å². The van der Waals surface area contributed by atoms with Gasteiger partial charge < -0.3 is 18.9 Å². The van der Waals surface area contributed by atoms with Crippen LogP contribution in [0.3, 0.4) is 0 Å². The van der Waals surface area contributed by atoms with Gasteiger partial charge in [-0.3, -0.25) is 4.79 Å². The molecule has 3 rings (SSSR count). The third-order valence-electron chi connectivity index (χ3n) is 6.18. The number of carbonyl (C=O) groups is 3. The topological polar surface area (TPSA) is 137 Å². The summed E-state index contributed by atoms with van der Waals surface area (Å²) in [5.41, 5.74) is 9.84. The van der Waals surface area contributed by atoms with Crippen LogP contribution in [0.1, 0.15) is 59.7 Å². The SMILES string of the molecule is COC(=O)CCCCCC1O[C@H](C)[C@@H](N=[N+]=[N-])[C@H](OC(=O)c2ccccc2)[C@@H]1OC(=O)c1ccccc1. The van der Waals surface area contributed by atoms with Crippen molar-refractivity contribution < 1.29 is 33.3 Å². The Balaban J connectivity index is 1.84. The summed E-state index contributed by atoms with van der Waals surface area (Å²) in [5, 5.41) is 3.83. The minimum Gasteiger partial charge on any atom is -0.469 e. The van der Waals surface area contributed by atoms with Gasteiger partial charge in [-0.05, 0) is 49.6 Å². The Hall–Kier alpha value is -3.88. The van der Waals surface area contributed by atoms with E-state index in [1.165, 1.54) is 7.11 Å². The Morgan fingerprint density at radius 3 is 2.00 bits per heavy atom. The van der Waals surface area contributed by atoms with Crippen LogP contribution in [-0.2, 0) is 23.7 Å². The number of hydrogen-bond donors (Lipinski definition) is 0. The van der Waals surface area contributed by atoms with Gasteiger partial charge in [-0.15, -0.1) is 0 Å². The predicted octanol–water partition coefficient (Wildman–Crippen LogP) is 5.03. The normalized spacial score (nSPS) is 22.8. The molecule has 0 spiro atoms. The van der Waals surface area contributed by atoms with Gasteiger partial charge in [0.15, 0.2) is 12.2 Å². The Bertz CT molecular complexity index is 1090. The summed E-state index contributed by atoms with van der Waals surface area (Å²) in [5.74, 6) is -1.52. The van der Waals surface area contributed by atoms with Crippen molar-refractivity contribution in [3.8, 4) is 0 Å². The molecule has 0 radical (unpaired) electrons. The minimum atomic E-state index is -1.07. The van der Waals surface area contributed by atoms with E-state index in [0.717, 1.165) is 6.42 Å². The molecule has 0 saturated carbocycles. The van der Waals surface area contributed by atoms with Crippen LogP contribution >= 0.6 is 0 Å². The number of rotatable bonds is 11. The first-order chi connectivity index (χ1) is 17.9. The molecule has 1 fully saturated rings. The summed E-state index contributed by atoms with van der Waals surface area (Å²) < 4.78 is 22.5. The molecular formula is C27H31N3O7. The van der Waals surface area contributed by atoms with E-state index in [2.05, 4.69) is 14.8 Å². The molecule has 0 aliphatic carbocycles. The van der Waals surface area contributed by atoms with Gasteiger partial charge in [0.2, 0.25) is 0 Å². The molecule has 1 aliphatic rings. The first kappa shape index (κ1) is 27.7. The molecule has 0 bridgehead atoms. The van der Waals surface area contributed by atoms with Crippen molar-refractivity contribution in [2.45, 2.75) is 69.5 Å². The van der Waals surface area contributed by atoms with E-state index in [1.807, 2.05) is 0 Å². The monoisotopic (exact) mass is 509 g/mol. The van der Waals surface area contributed by atoms with E-state index in [1.54, 1.807) is 67.6 Å². The highest BCUT2D eigenvalue weighted by Crippen LogP contribution is 2.32. The smallest absolute Gasteiger partial charge is 0.338 e. The van der Waals surface area contributed by atoms with E-state index < -0.39 is 42.4 Å². The van der Waals surface area contributed by atoms with Crippen molar-refractivity contribution >= 4 is 17.9 Å². The Kier molecular flexibility index (Phi) is 10.5. The molecule has 5 atom stereocenters. The fourth-order valence-corrected chi connectivity index (χ4v) is 4.26. The van der Waals surface area contributed by atoms with Crippen LogP contribution in [-0.4, -0.2) is 55.5 Å². The molecule has 2 aromatic rings. The number of azide groups is 1. The van der Waals surface area contributed by atoms with Crippen molar-refractivity contribution in [2.24, 2.45) is 5.11 Å². The number of esters is 3. The zero-order chi connectivity index (χ0) is 26.6. The second kappa shape index (κ2) is 14.0. The van der Waals surface area contributed by atoms with Crippen LogP contribution in [0.25, 0.3) is 10.4 Å². The maximum absolute atomic E-state index is 13.0. The molecule has 2 aromatic carbocycles. The number of carbonyl (C=O) groups excluding carboxylic acids is 3. The zero-order valence-corrected chi connectivity index (χ0v) is 20.9. The molecule has 1 heterocycles. The van der Waals surface area contributed by atoms with E-state index >= 15 is 0 Å². The highest BCUT2D eigenvalue weighted by Gasteiger charge is 2.48. The number of methoxy groups -OCH3 is 1. The molecule has 10 nitrogen and oxygen atoms in total. The van der Waals surface area contributed by atoms with Crippen LogP contribution in [0, 0.1) is 0 Å². The Morgan fingerprint density at radius 2 is 1.46 bits per heavy atom. The first-order valence-corrected chi connectivity index (χ1v) is 12.2. The van der Waals surface area contributed by atoms with Crippen LogP contribution in [0.5, 0.6) is 0 Å². The van der Waals surface area contributed by atoms with Gasteiger partial charge in [0.25, 0.3) is 0 Å². The summed E-state index contributed by atoms with van der Waals surface area (Å²) in [6, 6.07) is 15.9. The number of unbranched alkanes of at least 4 members (excludes halogenated alkanes) is 2. The average molecular weight is 510 g/mol. The lowest BCUT2D eigenvalue weighted by Gasteiger charge is -2.43. The molecule has 0 amide bonds. The lowest BCUT2D eigenvalue weighted by molar-refractivity contribution is -0.178. The molecule has 1 unspecified atom stereocenters. The van der Waals surface area contributed by atoms with Gasteiger partial charge in [0, 0.05) is 11.3 Å². The van der Waals surface area contributed by atoms with Crippen molar-refractivity contribution in [1.82, 2.24) is 0 Å². The van der Waals surface area contributed by atoms with Crippen molar-refractivity contribution in [3.05, 3.63) is 82.2 Å². The summed E-state index contributed by atoms with van der Waals surface area (Å²) in [7, 11) is 1.35. The molecule has 1 aliphatic heterocycles. The Labute approximate surface area is 215 Å². The summed E-state index contributed by atoms with van der Waals surface area (Å²) in [6.07, 6.45) is -0.515. The summed E-state index contributed by atoms with van der Waals surface area (Å²) in [4.78, 5) is 40.3. The van der Waals surface area contributed by atoms with Gasteiger partial charge in [-0.1, -0.05) is 54.4 Å². The van der Waals surface area contributed by atoms with E-state index in [-0.39, 0.29) is 5.97 Å². The van der Waals surface area contributed by atoms with Crippen molar-refractivity contribution in [3.63, 3.8) is 0 Å².